The Kier molecular flexibility index (Phi) is 3.35. The van der Waals surface area contributed by atoms with Crippen LogP contribution >= 0.6 is 0 Å². The largest absolute Gasteiger partial charge is 0.504 e. The maximum Gasteiger partial charge on any atom is 0.446 e. The highest BCUT2D eigenvalue weighted by atomic mass is 32.3. The number of phenolic OH excluding ortho intramolecular Hbond substituents is 1. The summed E-state index contributed by atoms with van der Waals surface area (Å²) in [6.45, 7) is 0.961. The highest BCUT2D eigenvalue weighted by Crippen LogP contribution is 2.50. The summed E-state index contributed by atoms with van der Waals surface area (Å²) in [4.78, 5) is 2.28. The molecular formula is C17H17NO5S. The molecule has 0 saturated carbocycles. The van der Waals surface area contributed by atoms with Crippen molar-refractivity contribution < 1.29 is 22.3 Å². The van der Waals surface area contributed by atoms with Gasteiger partial charge in [-0.3, -0.25) is 9.45 Å². The first kappa shape index (κ1) is 15.4. The maximum absolute atomic E-state index is 11.2. The van der Waals surface area contributed by atoms with Crippen LogP contribution in [0.4, 0.5) is 0 Å². The second-order valence-electron chi connectivity index (χ2n) is 6.29. The number of benzene rings is 2. The van der Waals surface area contributed by atoms with Crippen molar-refractivity contribution in [3.05, 3.63) is 47.0 Å². The molecule has 126 valence electrons. The first-order valence-electron chi connectivity index (χ1n) is 7.69. The molecule has 2 N–H and O–H groups in total. The minimum atomic E-state index is -4.73. The van der Waals surface area contributed by atoms with E-state index in [9.17, 15) is 13.5 Å². The van der Waals surface area contributed by atoms with Gasteiger partial charge in [0.05, 0.1) is 0 Å². The van der Waals surface area contributed by atoms with Gasteiger partial charge in [-0.15, -0.1) is 0 Å². The normalized spacial score (nSPS) is 19.5. The van der Waals surface area contributed by atoms with Gasteiger partial charge in [0, 0.05) is 18.2 Å². The molecule has 0 spiro atoms. The van der Waals surface area contributed by atoms with Gasteiger partial charge >= 0.3 is 10.4 Å². The fourth-order valence-electron chi connectivity index (χ4n) is 3.85. The Morgan fingerprint density at radius 2 is 2.00 bits per heavy atom. The molecule has 0 saturated heterocycles. The Balaban J connectivity index is 2.01. The molecule has 2 aliphatic rings. The molecule has 0 fully saturated rings. The molecule has 2 aromatic rings. The van der Waals surface area contributed by atoms with Crippen molar-refractivity contribution in [3.8, 4) is 22.6 Å². The van der Waals surface area contributed by atoms with Gasteiger partial charge < -0.3 is 9.29 Å². The van der Waals surface area contributed by atoms with Crippen LogP contribution in [0.5, 0.6) is 11.5 Å². The first-order valence-corrected chi connectivity index (χ1v) is 9.06. The van der Waals surface area contributed by atoms with Gasteiger partial charge in [0.1, 0.15) is 0 Å². The van der Waals surface area contributed by atoms with E-state index < -0.39 is 10.4 Å². The lowest BCUT2D eigenvalue weighted by atomic mass is 9.77. The van der Waals surface area contributed by atoms with E-state index in [1.165, 1.54) is 11.6 Å². The summed E-state index contributed by atoms with van der Waals surface area (Å²) in [5, 5.41) is 10.1. The van der Waals surface area contributed by atoms with Crippen molar-refractivity contribution in [2.45, 2.75) is 18.9 Å². The summed E-state index contributed by atoms with van der Waals surface area (Å²) in [5.74, 6) is -0.526. The Labute approximate surface area is 140 Å². The predicted octanol–water partition coefficient (Wildman–Crippen LogP) is 2.33. The second kappa shape index (κ2) is 5.20. The molecule has 1 atom stereocenters. The van der Waals surface area contributed by atoms with Gasteiger partial charge in [-0.2, -0.15) is 8.42 Å². The summed E-state index contributed by atoms with van der Waals surface area (Å²) in [6.07, 6.45) is 1.61. The summed E-state index contributed by atoms with van der Waals surface area (Å²) < 4.78 is 36.2. The molecule has 1 heterocycles. The van der Waals surface area contributed by atoms with Gasteiger partial charge in [0.2, 0.25) is 0 Å². The molecule has 2 aromatic carbocycles. The molecule has 4 rings (SSSR count). The van der Waals surface area contributed by atoms with E-state index >= 15 is 0 Å². The highest BCUT2D eigenvalue weighted by molar-refractivity contribution is 7.81. The minimum Gasteiger partial charge on any atom is -0.504 e. The van der Waals surface area contributed by atoms with Gasteiger partial charge in [0.25, 0.3) is 0 Å². The molecule has 0 radical (unpaired) electrons. The van der Waals surface area contributed by atoms with E-state index in [1.807, 2.05) is 12.1 Å². The summed E-state index contributed by atoms with van der Waals surface area (Å²) in [7, 11) is -2.66. The lowest BCUT2D eigenvalue weighted by molar-refractivity contribution is 0.228. The SMILES string of the molecule is CN1CCc2cccc3c2C1Cc1ccc(O)c(OS(=O)(=O)O)c1-3. The molecule has 0 amide bonds. The lowest BCUT2D eigenvalue weighted by Gasteiger charge is -2.40. The van der Waals surface area contributed by atoms with Crippen LogP contribution in [-0.2, 0) is 23.2 Å². The molecule has 6 nitrogen and oxygen atoms in total. The minimum absolute atomic E-state index is 0.209. The maximum atomic E-state index is 11.2. The zero-order chi connectivity index (χ0) is 17.1. The zero-order valence-electron chi connectivity index (χ0n) is 13.1. The number of nitrogens with zero attached hydrogens (tertiary/aromatic N) is 1. The van der Waals surface area contributed by atoms with Crippen LogP contribution in [0.1, 0.15) is 22.7 Å². The van der Waals surface area contributed by atoms with E-state index in [0.717, 1.165) is 29.7 Å². The number of hydrogen-bond acceptors (Lipinski definition) is 5. The van der Waals surface area contributed by atoms with E-state index in [0.29, 0.717) is 12.0 Å². The van der Waals surface area contributed by atoms with Crippen LogP contribution in [0.3, 0.4) is 0 Å². The molecule has 1 aliphatic carbocycles. The Morgan fingerprint density at radius 3 is 2.75 bits per heavy atom. The Hall–Kier alpha value is -2.09. The highest BCUT2D eigenvalue weighted by Gasteiger charge is 2.35. The summed E-state index contributed by atoms with van der Waals surface area (Å²) in [5.41, 5.74) is 4.64. The van der Waals surface area contributed by atoms with Crippen LogP contribution in [-0.4, -0.2) is 36.6 Å². The molecule has 24 heavy (non-hydrogen) atoms. The monoisotopic (exact) mass is 347 g/mol. The predicted molar refractivity (Wildman–Crippen MR) is 88.5 cm³/mol. The van der Waals surface area contributed by atoms with Crippen molar-refractivity contribution in [2.24, 2.45) is 0 Å². The standard InChI is InChI=1S/C17H17NO5S/c1-18-8-7-10-3-2-4-12-15(10)13(18)9-11-5-6-14(19)17(16(11)12)23-24(20,21)22/h2-6,13,19H,7-9H2,1H3,(H,20,21,22). The average molecular weight is 347 g/mol. The topological polar surface area (TPSA) is 87.1 Å². The average Bonchev–Trinajstić information content (AvgIpc) is 2.52. The third kappa shape index (κ3) is 2.36. The third-order valence-corrected chi connectivity index (χ3v) is 5.27. The number of rotatable bonds is 2. The van der Waals surface area contributed by atoms with E-state index in [4.69, 9.17) is 8.74 Å². The van der Waals surface area contributed by atoms with Gasteiger partial charge in [-0.25, -0.2) is 0 Å². The zero-order valence-corrected chi connectivity index (χ0v) is 13.9. The van der Waals surface area contributed by atoms with E-state index in [-0.39, 0.29) is 17.5 Å². The van der Waals surface area contributed by atoms with Crippen LogP contribution in [0, 0.1) is 0 Å². The summed E-state index contributed by atoms with van der Waals surface area (Å²) >= 11 is 0. The fraction of sp³-hybridized carbons (Fsp3) is 0.294. The van der Waals surface area contributed by atoms with Crippen LogP contribution in [0.2, 0.25) is 0 Å². The smallest absolute Gasteiger partial charge is 0.446 e. The fourth-order valence-corrected chi connectivity index (χ4v) is 4.23. The van der Waals surface area contributed by atoms with Crippen LogP contribution in [0.25, 0.3) is 11.1 Å². The van der Waals surface area contributed by atoms with E-state index in [2.05, 4.69) is 18.0 Å². The van der Waals surface area contributed by atoms with Crippen LogP contribution < -0.4 is 4.18 Å². The first-order chi connectivity index (χ1) is 11.3. The lowest BCUT2D eigenvalue weighted by Crippen LogP contribution is -2.35. The van der Waals surface area contributed by atoms with Gasteiger partial charge in [-0.1, -0.05) is 24.3 Å². The molecular weight excluding hydrogens is 330 g/mol. The van der Waals surface area contributed by atoms with E-state index in [1.54, 1.807) is 6.07 Å². The van der Waals surface area contributed by atoms with Crippen molar-refractivity contribution >= 4 is 10.4 Å². The van der Waals surface area contributed by atoms with Gasteiger partial charge in [0.15, 0.2) is 11.5 Å². The van der Waals surface area contributed by atoms with Crippen molar-refractivity contribution in [3.63, 3.8) is 0 Å². The number of likely N-dealkylation sites (N-methyl/N-ethyl adjacent to an activating group) is 1. The van der Waals surface area contributed by atoms with Crippen LogP contribution in [0.15, 0.2) is 30.3 Å². The van der Waals surface area contributed by atoms with Gasteiger partial charge in [-0.05, 0) is 48.2 Å². The third-order valence-electron chi connectivity index (χ3n) is 4.89. The molecule has 0 aromatic heterocycles. The molecule has 0 bridgehead atoms. The van der Waals surface area contributed by atoms with Crippen molar-refractivity contribution in [1.82, 2.24) is 4.90 Å². The number of fused-ring (bicyclic) bond motifs is 2. The number of phenols is 1. The quantitative estimate of drug-likeness (QED) is 0.811. The molecule has 1 aliphatic heterocycles. The number of aromatic hydroxyl groups is 1. The Bertz CT molecular complexity index is 938. The Morgan fingerprint density at radius 1 is 1.21 bits per heavy atom. The molecule has 7 heteroatoms. The second-order valence-corrected chi connectivity index (χ2v) is 7.31. The van der Waals surface area contributed by atoms with Crippen molar-refractivity contribution in [1.29, 1.82) is 0 Å². The van der Waals surface area contributed by atoms with Crippen molar-refractivity contribution in [2.75, 3.05) is 13.6 Å². The number of hydrogen-bond donors (Lipinski definition) is 2. The summed E-state index contributed by atoms with van der Waals surface area (Å²) in [6, 6.07) is 9.29. The molecule has 1 unspecified atom stereocenters.